The maximum Gasteiger partial charge on any atom is 0.490 e. The molecule has 0 aromatic rings. The van der Waals surface area contributed by atoms with Crippen LogP contribution in [-0.4, -0.2) is 119 Å². The van der Waals surface area contributed by atoms with Crippen LogP contribution in [0.25, 0.3) is 0 Å². The summed E-state index contributed by atoms with van der Waals surface area (Å²) in [5.74, 6) is -1.85. The maximum absolute atomic E-state index is 10.6. The van der Waals surface area contributed by atoms with Crippen LogP contribution in [-0.2, 0) is 9.59 Å². The van der Waals surface area contributed by atoms with Gasteiger partial charge in [-0.25, -0.2) is 9.59 Å². The van der Waals surface area contributed by atoms with E-state index in [-0.39, 0.29) is 0 Å². The van der Waals surface area contributed by atoms with Crippen LogP contribution in [0.1, 0.15) is 39.5 Å². The highest BCUT2D eigenvalue weighted by atomic mass is 32.2. The first-order valence-corrected chi connectivity index (χ1v) is 13.1. The second-order valence-electron chi connectivity index (χ2n) is 9.36. The Bertz CT molecular complexity index is 635. The molecule has 3 rings (SSSR count). The molecule has 3 fully saturated rings. The van der Waals surface area contributed by atoms with Crippen molar-refractivity contribution in [2.75, 3.05) is 57.3 Å². The first-order valence-electron chi connectivity index (χ1n) is 12.0. The molecule has 0 atom stereocenters. The Morgan fingerprint density at radius 1 is 0.806 bits per heavy atom. The van der Waals surface area contributed by atoms with Crippen molar-refractivity contribution in [3.05, 3.63) is 0 Å². The summed E-state index contributed by atoms with van der Waals surface area (Å²) in [4.78, 5) is 26.0. The van der Waals surface area contributed by atoms with Gasteiger partial charge in [0.25, 0.3) is 0 Å². The summed E-state index contributed by atoms with van der Waals surface area (Å²) >= 11 is 2.13. The number of nitrogens with zero attached hydrogens (tertiary/aromatic N) is 3. The smallest absolute Gasteiger partial charge is 0.475 e. The molecule has 3 saturated heterocycles. The topological polar surface area (TPSA) is 84.3 Å². The third-order valence-corrected chi connectivity index (χ3v) is 7.44. The summed E-state index contributed by atoms with van der Waals surface area (Å²) in [5.41, 5.74) is 0. The summed E-state index contributed by atoms with van der Waals surface area (Å²) in [6, 6.07) is 1.62. The van der Waals surface area contributed by atoms with Crippen molar-refractivity contribution in [2.24, 2.45) is 5.92 Å². The quantitative estimate of drug-likeness (QED) is 0.508. The number of hydrogen-bond donors (Lipinski definition) is 2. The Morgan fingerprint density at radius 3 is 1.58 bits per heavy atom. The van der Waals surface area contributed by atoms with Crippen molar-refractivity contribution in [3.63, 3.8) is 0 Å². The second kappa shape index (κ2) is 15.2. The van der Waals surface area contributed by atoms with E-state index in [1.807, 2.05) is 0 Å². The van der Waals surface area contributed by atoms with Gasteiger partial charge in [0.2, 0.25) is 0 Å². The summed E-state index contributed by atoms with van der Waals surface area (Å²) in [5, 5.41) is 14.2. The Hall–Kier alpha value is -1.25. The van der Waals surface area contributed by atoms with Gasteiger partial charge in [-0.05, 0) is 71.6 Å². The summed E-state index contributed by atoms with van der Waals surface area (Å²) in [6.07, 6.45) is -4.51. The number of thioether (sulfide) groups is 1. The average molecular weight is 554 g/mol. The minimum atomic E-state index is -5.08. The third kappa shape index (κ3) is 12.8. The highest BCUT2D eigenvalue weighted by Crippen LogP contribution is 2.24. The number of rotatable bonds is 4. The summed E-state index contributed by atoms with van der Waals surface area (Å²) in [7, 11) is 0. The minimum absolute atomic E-state index is 0.736. The first-order chi connectivity index (χ1) is 16.6. The fourth-order valence-electron chi connectivity index (χ4n) is 4.43. The minimum Gasteiger partial charge on any atom is -0.475 e. The molecule has 2 N–H and O–H groups in total. The lowest BCUT2D eigenvalue weighted by Crippen LogP contribution is -2.49. The first kappa shape index (κ1) is 32.8. The number of likely N-dealkylation sites (tertiary alicyclic amines) is 2. The molecule has 0 saturated carbocycles. The van der Waals surface area contributed by atoms with E-state index in [4.69, 9.17) is 19.8 Å². The molecule has 14 heteroatoms. The molecule has 0 aromatic carbocycles. The molecule has 3 aliphatic heterocycles. The van der Waals surface area contributed by atoms with Gasteiger partial charge in [-0.3, -0.25) is 4.90 Å². The fourth-order valence-corrected chi connectivity index (χ4v) is 5.36. The molecule has 3 heterocycles. The molecule has 7 nitrogen and oxygen atoms in total. The van der Waals surface area contributed by atoms with E-state index in [0.717, 1.165) is 18.0 Å². The molecular weight excluding hydrogens is 516 g/mol. The van der Waals surface area contributed by atoms with E-state index in [2.05, 4.69) is 40.3 Å². The SMILES string of the molecule is CC(C)N1CCC(CN2CCC(N3CCSCC3)CC2)CC1.O=C(O)C(F)(F)F.O=C(O)C(F)(F)F. The van der Waals surface area contributed by atoms with E-state index in [1.54, 1.807) is 0 Å². The maximum atomic E-state index is 10.6. The van der Waals surface area contributed by atoms with E-state index in [9.17, 15) is 26.3 Å². The average Bonchev–Trinajstić information content (AvgIpc) is 2.80. The van der Waals surface area contributed by atoms with E-state index in [0.29, 0.717) is 0 Å². The molecule has 212 valence electrons. The predicted octanol–water partition coefficient (Wildman–Crippen LogP) is 3.89. The molecule has 0 spiro atoms. The zero-order chi connectivity index (χ0) is 27.5. The predicted molar refractivity (Wildman–Crippen MR) is 125 cm³/mol. The van der Waals surface area contributed by atoms with Crippen molar-refractivity contribution in [1.82, 2.24) is 14.7 Å². The number of alkyl halides is 6. The van der Waals surface area contributed by atoms with Gasteiger partial charge in [-0.15, -0.1) is 0 Å². The molecular formula is C22H37F6N3O4S. The largest absolute Gasteiger partial charge is 0.490 e. The van der Waals surface area contributed by atoms with E-state index >= 15 is 0 Å². The van der Waals surface area contributed by atoms with Gasteiger partial charge in [0.1, 0.15) is 0 Å². The Kier molecular flexibility index (Phi) is 13.9. The lowest BCUT2D eigenvalue weighted by atomic mass is 9.94. The highest BCUT2D eigenvalue weighted by molar-refractivity contribution is 7.99. The van der Waals surface area contributed by atoms with Crippen LogP contribution in [0.15, 0.2) is 0 Å². The van der Waals surface area contributed by atoms with Crippen molar-refractivity contribution in [2.45, 2.75) is 64.0 Å². The van der Waals surface area contributed by atoms with Crippen LogP contribution < -0.4 is 0 Å². The summed E-state index contributed by atoms with van der Waals surface area (Å²) in [6.45, 7) is 14.1. The zero-order valence-electron chi connectivity index (χ0n) is 20.7. The number of carbonyl (C=O) groups is 2. The number of halogens is 6. The van der Waals surface area contributed by atoms with Gasteiger partial charge in [0.15, 0.2) is 0 Å². The van der Waals surface area contributed by atoms with Crippen molar-refractivity contribution in [3.8, 4) is 0 Å². The van der Waals surface area contributed by atoms with Crippen molar-refractivity contribution >= 4 is 23.7 Å². The molecule has 0 amide bonds. The number of hydrogen-bond acceptors (Lipinski definition) is 6. The standard InChI is InChI=1S/C18H35N3S.2C2HF3O2/c1-16(2)20-9-3-17(4-10-20)15-19-7-5-18(6-8-19)21-11-13-22-14-12-21;2*3-2(4,5)1(6)7/h16-18H,3-15H2,1-2H3;2*(H,6,7). The molecule has 0 aliphatic carbocycles. The van der Waals surface area contributed by atoms with E-state index in [1.165, 1.54) is 83.0 Å². The monoisotopic (exact) mass is 553 g/mol. The van der Waals surface area contributed by atoms with Gasteiger partial charge in [-0.1, -0.05) is 0 Å². The van der Waals surface area contributed by atoms with Crippen LogP contribution in [0.4, 0.5) is 26.3 Å². The Balaban J connectivity index is 0.000000383. The van der Waals surface area contributed by atoms with Crippen molar-refractivity contribution < 1.29 is 46.1 Å². The van der Waals surface area contributed by atoms with Crippen LogP contribution in [0.2, 0.25) is 0 Å². The number of aliphatic carboxylic acids is 2. The Labute approximate surface area is 212 Å². The summed E-state index contributed by atoms with van der Waals surface area (Å²) < 4.78 is 63.5. The lowest BCUT2D eigenvalue weighted by Gasteiger charge is -2.42. The lowest BCUT2D eigenvalue weighted by molar-refractivity contribution is -0.193. The molecule has 3 aliphatic rings. The molecule has 0 unspecified atom stereocenters. The van der Waals surface area contributed by atoms with Crippen LogP contribution in [0, 0.1) is 5.92 Å². The van der Waals surface area contributed by atoms with Crippen LogP contribution in [0.3, 0.4) is 0 Å². The second-order valence-corrected chi connectivity index (χ2v) is 10.6. The number of carboxylic acids is 2. The fraction of sp³-hybridized carbons (Fsp3) is 0.909. The normalized spacial score (nSPS) is 21.8. The van der Waals surface area contributed by atoms with Crippen molar-refractivity contribution in [1.29, 1.82) is 0 Å². The number of piperidine rings is 2. The highest BCUT2D eigenvalue weighted by Gasteiger charge is 2.39. The molecule has 0 aromatic heterocycles. The van der Waals surface area contributed by atoms with E-state index < -0.39 is 24.3 Å². The van der Waals surface area contributed by atoms with Gasteiger partial charge in [-0.2, -0.15) is 38.1 Å². The Morgan fingerprint density at radius 2 is 1.22 bits per heavy atom. The molecule has 36 heavy (non-hydrogen) atoms. The molecule has 0 radical (unpaired) electrons. The van der Waals surface area contributed by atoms with Gasteiger partial charge >= 0.3 is 24.3 Å². The molecule has 0 bridgehead atoms. The van der Waals surface area contributed by atoms with Crippen LogP contribution >= 0.6 is 11.8 Å². The van der Waals surface area contributed by atoms with Gasteiger partial charge in [0.05, 0.1) is 0 Å². The van der Waals surface area contributed by atoms with Crippen LogP contribution in [0.5, 0.6) is 0 Å². The number of carboxylic acid groups (broad SMARTS) is 2. The van der Waals surface area contributed by atoms with Gasteiger partial charge < -0.3 is 20.0 Å². The zero-order valence-corrected chi connectivity index (χ0v) is 21.5. The van der Waals surface area contributed by atoms with Gasteiger partial charge in [0, 0.05) is 43.2 Å². The third-order valence-electron chi connectivity index (χ3n) is 6.50.